The zero-order valence-corrected chi connectivity index (χ0v) is 13.1. The van der Waals surface area contributed by atoms with Gasteiger partial charge in [0.1, 0.15) is 5.75 Å². The maximum absolute atomic E-state index is 12.0. The number of terminal acetylenes is 1. The number of nitrogens with zero attached hydrogens (tertiary/aromatic N) is 1. The second-order valence-corrected chi connectivity index (χ2v) is 6.06. The summed E-state index contributed by atoms with van der Waals surface area (Å²) < 4.78 is 0.402. The molecule has 0 aliphatic carbocycles. The molecular weight excluding hydrogens is 366 g/mol. The van der Waals surface area contributed by atoms with Crippen LogP contribution in [0.15, 0.2) is 21.5 Å². The van der Waals surface area contributed by atoms with Crippen LogP contribution in [-0.2, 0) is 4.79 Å². The summed E-state index contributed by atoms with van der Waals surface area (Å²) in [6, 6.07) is 3.09. The maximum Gasteiger partial charge on any atom is 0.294 e. The summed E-state index contributed by atoms with van der Waals surface area (Å²) in [5, 5.41) is 9.29. The van der Waals surface area contributed by atoms with Crippen molar-refractivity contribution in [2.24, 2.45) is 0 Å². The van der Waals surface area contributed by atoms with Crippen LogP contribution in [0.2, 0.25) is 5.02 Å². The highest BCUT2D eigenvalue weighted by Gasteiger charge is 2.34. The first kappa shape index (κ1) is 15.0. The summed E-state index contributed by atoms with van der Waals surface area (Å²) >= 11 is 9.81. The summed E-state index contributed by atoms with van der Waals surface area (Å²) in [5.74, 6) is 1.75. The first-order valence-electron chi connectivity index (χ1n) is 5.31. The van der Waals surface area contributed by atoms with Gasteiger partial charge in [-0.25, -0.2) is 0 Å². The number of hydrogen-bond acceptors (Lipinski definition) is 4. The first-order valence-corrected chi connectivity index (χ1v) is 7.29. The largest absolute Gasteiger partial charge is 0.505 e. The average Bonchev–Trinajstić information content (AvgIpc) is 2.64. The van der Waals surface area contributed by atoms with Crippen molar-refractivity contribution in [1.29, 1.82) is 0 Å². The van der Waals surface area contributed by atoms with E-state index in [2.05, 4.69) is 21.9 Å². The van der Waals surface area contributed by atoms with E-state index in [1.165, 1.54) is 12.1 Å². The molecule has 2 amide bonds. The summed E-state index contributed by atoms with van der Waals surface area (Å²) in [6.07, 6.45) is 6.64. The highest BCUT2D eigenvalue weighted by molar-refractivity contribution is 9.10. The van der Waals surface area contributed by atoms with E-state index in [9.17, 15) is 14.7 Å². The number of imide groups is 1. The van der Waals surface area contributed by atoms with Crippen molar-refractivity contribution in [2.75, 3.05) is 6.54 Å². The van der Waals surface area contributed by atoms with Gasteiger partial charge in [-0.15, -0.1) is 6.42 Å². The van der Waals surface area contributed by atoms with Crippen LogP contribution in [-0.4, -0.2) is 27.7 Å². The number of carbonyl (C=O) groups excluding carboxylic acids is 2. The molecule has 1 N–H and O–H groups in total. The Kier molecular flexibility index (Phi) is 4.43. The molecule has 0 unspecified atom stereocenters. The molecule has 0 aromatic heterocycles. The fraction of sp³-hybridized carbons (Fsp3) is 0.0769. The number of hydrogen-bond donors (Lipinski definition) is 1. The first-order chi connectivity index (χ1) is 9.43. The molecule has 102 valence electrons. The molecule has 1 aromatic carbocycles. The van der Waals surface area contributed by atoms with Crippen LogP contribution in [0.4, 0.5) is 4.79 Å². The molecule has 1 aliphatic rings. The molecule has 0 spiro atoms. The molecule has 0 radical (unpaired) electrons. The van der Waals surface area contributed by atoms with Gasteiger partial charge in [0.05, 0.1) is 20.9 Å². The molecule has 0 saturated carbocycles. The number of thioether (sulfide) groups is 1. The summed E-state index contributed by atoms with van der Waals surface area (Å²) in [5.41, 5.74) is 0.589. The monoisotopic (exact) mass is 371 g/mol. The lowest BCUT2D eigenvalue weighted by Crippen LogP contribution is -2.28. The number of halogens is 2. The number of amides is 2. The molecule has 7 heteroatoms. The SMILES string of the molecule is C#CCN1C(=O)S/C(=C/c2cc(Cl)c(O)c(Br)c2)C1=O. The van der Waals surface area contributed by atoms with E-state index in [1.54, 1.807) is 6.07 Å². The van der Waals surface area contributed by atoms with Gasteiger partial charge in [0.25, 0.3) is 11.1 Å². The Morgan fingerprint density at radius 3 is 2.80 bits per heavy atom. The number of rotatable bonds is 2. The van der Waals surface area contributed by atoms with Crippen molar-refractivity contribution in [3.8, 4) is 18.1 Å². The zero-order chi connectivity index (χ0) is 14.9. The van der Waals surface area contributed by atoms with E-state index in [-0.39, 0.29) is 22.2 Å². The smallest absolute Gasteiger partial charge is 0.294 e. The zero-order valence-electron chi connectivity index (χ0n) is 9.89. The van der Waals surface area contributed by atoms with Crippen LogP contribution in [0.1, 0.15) is 5.56 Å². The molecule has 1 aliphatic heterocycles. The Morgan fingerprint density at radius 2 is 2.20 bits per heavy atom. The van der Waals surface area contributed by atoms with Crippen LogP contribution in [0.5, 0.6) is 5.75 Å². The van der Waals surface area contributed by atoms with E-state index in [0.717, 1.165) is 16.7 Å². The van der Waals surface area contributed by atoms with Crippen molar-refractivity contribution in [2.45, 2.75) is 0 Å². The van der Waals surface area contributed by atoms with Crippen LogP contribution < -0.4 is 0 Å². The Hall–Kier alpha value is -1.42. The Labute approximate surface area is 132 Å². The molecule has 1 saturated heterocycles. The lowest BCUT2D eigenvalue weighted by atomic mass is 10.2. The predicted octanol–water partition coefficient (Wildman–Crippen LogP) is 3.48. The second kappa shape index (κ2) is 5.92. The molecule has 4 nitrogen and oxygen atoms in total. The molecule has 0 atom stereocenters. The van der Waals surface area contributed by atoms with Gasteiger partial charge in [0.2, 0.25) is 0 Å². The molecule has 1 heterocycles. The highest BCUT2D eigenvalue weighted by Crippen LogP contribution is 2.36. The summed E-state index contributed by atoms with van der Waals surface area (Å²) in [7, 11) is 0. The van der Waals surface area contributed by atoms with Crippen molar-refractivity contribution >= 4 is 56.5 Å². The molecule has 2 rings (SSSR count). The minimum absolute atomic E-state index is 0.0535. The molecular formula is C13H7BrClNO3S. The van der Waals surface area contributed by atoms with Gasteiger partial charge in [-0.1, -0.05) is 17.5 Å². The number of aromatic hydroxyl groups is 1. The minimum Gasteiger partial charge on any atom is -0.505 e. The van der Waals surface area contributed by atoms with E-state index in [4.69, 9.17) is 18.0 Å². The van der Waals surface area contributed by atoms with E-state index >= 15 is 0 Å². The Balaban J connectivity index is 2.36. The molecule has 1 fully saturated rings. The number of carbonyl (C=O) groups is 2. The van der Waals surface area contributed by atoms with Crippen molar-refractivity contribution in [3.63, 3.8) is 0 Å². The summed E-state index contributed by atoms with van der Waals surface area (Å²) in [4.78, 5) is 24.8. The van der Waals surface area contributed by atoms with E-state index in [0.29, 0.717) is 10.0 Å². The third-order valence-corrected chi connectivity index (χ3v) is 4.26. The third kappa shape index (κ3) is 2.85. The van der Waals surface area contributed by atoms with Crippen molar-refractivity contribution in [1.82, 2.24) is 4.90 Å². The average molecular weight is 373 g/mol. The van der Waals surface area contributed by atoms with Gasteiger partial charge in [-0.05, 0) is 51.5 Å². The van der Waals surface area contributed by atoms with Gasteiger partial charge in [0, 0.05) is 0 Å². The summed E-state index contributed by atoms with van der Waals surface area (Å²) in [6.45, 7) is -0.0535. The topological polar surface area (TPSA) is 57.6 Å². The lowest BCUT2D eigenvalue weighted by Gasteiger charge is -2.06. The van der Waals surface area contributed by atoms with Crippen LogP contribution in [0.25, 0.3) is 6.08 Å². The van der Waals surface area contributed by atoms with Gasteiger partial charge >= 0.3 is 0 Å². The Bertz CT molecular complexity index is 658. The van der Waals surface area contributed by atoms with Gasteiger partial charge < -0.3 is 5.11 Å². The fourth-order valence-electron chi connectivity index (χ4n) is 1.55. The maximum atomic E-state index is 12.0. The molecule has 20 heavy (non-hydrogen) atoms. The quantitative estimate of drug-likeness (QED) is 0.638. The second-order valence-electron chi connectivity index (χ2n) is 3.81. The molecule has 0 bridgehead atoms. The van der Waals surface area contributed by atoms with E-state index in [1.807, 2.05) is 0 Å². The van der Waals surface area contributed by atoms with Gasteiger partial charge in [-0.3, -0.25) is 14.5 Å². The lowest BCUT2D eigenvalue weighted by molar-refractivity contribution is -0.122. The van der Waals surface area contributed by atoms with Crippen LogP contribution in [0, 0.1) is 12.3 Å². The standard InChI is InChI=1S/C13H7BrClNO3S/c1-2-3-16-12(18)10(20-13(16)19)6-7-4-8(14)11(17)9(15)5-7/h1,4-6,17H,3H2/b10-6+. The van der Waals surface area contributed by atoms with E-state index < -0.39 is 11.1 Å². The van der Waals surface area contributed by atoms with Gasteiger partial charge in [-0.2, -0.15) is 0 Å². The number of phenols is 1. The number of benzene rings is 1. The van der Waals surface area contributed by atoms with Crippen LogP contribution >= 0.6 is 39.3 Å². The third-order valence-electron chi connectivity index (χ3n) is 2.46. The Morgan fingerprint density at radius 1 is 1.50 bits per heavy atom. The van der Waals surface area contributed by atoms with Crippen LogP contribution in [0.3, 0.4) is 0 Å². The van der Waals surface area contributed by atoms with Crippen molar-refractivity contribution in [3.05, 3.63) is 32.1 Å². The van der Waals surface area contributed by atoms with Gasteiger partial charge in [0.15, 0.2) is 0 Å². The fourth-order valence-corrected chi connectivity index (χ4v) is 3.21. The predicted molar refractivity (Wildman–Crippen MR) is 82.3 cm³/mol. The highest BCUT2D eigenvalue weighted by atomic mass is 79.9. The molecule has 1 aromatic rings. The van der Waals surface area contributed by atoms with Crippen molar-refractivity contribution < 1.29 is 14.7 Å². The normalized spacial score (nSPS) is 16.9. The number of phenolic OH excluding ortho intramolecular Hbond substituents is 1. The minimum atomic E-state index is -0.432.